The molecule has 7 rings (SSSR count). The van der Waals surface area contributed by atoms with Crippen molar-refractivity contribution in [3.8, 4) is 0 Å². The van der Waals surface area contributed by atoms with Crippen LogP contribution in [-0.2, 0) is 15.6 Å². The summed E-state index contributed by atoms with van der Waals surface area (Å²) in [5.74, 6) is -0.186. The van der Waals surface area contributed by atoms with Gasteiger partial charge in [0, 0.05) is 49.6 Å². The van der Waals surface area contributed by atoms with Crippen molar-refractivity contribution in [2.24, 2.45) is 4.99 Å². The van der Waals surface area contributed by atoms with Crippen LogP contribution in [0, 0.1) is 0 Å². The predicted molar refractivity (Wildman–Crippen MR) is 170 cm³/mol. The molecule has 0 fully saturated rings. The van der Waals surface area contributed by atoms with Crippen molar-refractivity contribution < 1.29 is 4.79 Å². The Bertz CT molecular complexity index is 2030. The molecule has 4 nitrogen and oxygen atoms in total. The van der Waals surface area contributed by atoms with E-state index >= 15 is 0 Å². The minimum Gasteiger partial charge on any atom is -0.358 e. The lowest BCUT2D eigenvalue weighted by atomic mass is 9.74. The molecule has 42 heavy (non-hydrogen) atoms. The molecule has 0 saturated heterocycles. The van der Waals surface area contributed by atoms with Gasteiger partial charge in [0.05, 0.1) is 5.71 Å². The Kier molecular flexibility index (Phi) is 5.91. The maximum absolute atomic E-state index is 13.6. The van der Waals surface area contributed by atoms with Gasteiger partial charge in [0.15, 0.2) is 0 Å². The van der Waals surface area contributed by atoms with Crippen LogP contribution in [0.15, 0.2) is 126 Å². The van der Waals surface area contributed by atoms with Gasteiger partial charge in [-0.2, -0.15) is 0 Å². The number of aromatic amines is 2. The Morgan fingerprint density at radius 3 is 1.86 bits per heavy atom. The number of hydrogen-bond acceptors (Lipinski definition) is 1. The van der Waals surface area contributed by atoms with E-state index in [4.69, 9.17) is 0 Å². The molecule has 0 saturated carbocycles. The van der Waals surface area contributed by atoms with Crippen LogP contribution in [0.2, 0.25) is 0 Å². The number of aliphatic imine (C=N–C) groups is 1. The zero-order valence-corrected chi connectivity index (χ0v) is 24.3. The molecule has 3 aromatic carbocycles. The average molecular weight is 548 g/mol. The molecule has 4 heterocycles. The average Bonchev–Trinajstić information content (AvgIpc) is 3.76. The van der Waals surface area contributed by atoms with E-state index in [0.29, 0.717) is 11.3 Å². The second-order valence-corrected chi connectivity index (χ2v) is 12.2. The summed E-state index contributed by atoms with van der Waals surface area (Å²) in [6.45, 7) is 8.73. The van der Waals surface area contributed by atoms with Crippen molar-refractivity contribution >= 4 is 22.8 Å². The normalized spacial score (nSPS) is 19.8. The third kappa shape index (κ3) is 4.14. The monoisotopic (exact) mass is 547 g/mol. The van der Waals surface area contributed by atoms with E-state index in [1.807, 2.05) is 30.3 Å². The maximum atomic E-state index is 13.6. The summed E-state index contributed by atoms with van der Waals surface area (Å²) in [5, 5.41) is 1.90. The lowest BCUT2D eigenvalue weighted by Gasteiger charge is -2.30. The third-order valence-electron chi connectivity index (χ3n) is 8.95. The van der Waals surface area contributed by atoms with Crippen molar-refractivity contribution in [1.82, 2.24) is 9.97 Å². The summed E-state index contributed by atoms with van der Waals surface area (Å²) >= 11 is 0. The molecular formula is C38H33N3O. The molecule has 5 aromatic rings. The highest BCUT2D eigenvalue weighted by Gasteiger charge is 2.36. The fourth-order valence-electron chi connectivity index (χ4n) is 6.28. The van der Waals surface area contributed by atoms with E-state index in [-0.39, 0.29) is 11.3 Å². The first-order chi connectivity index (χ1) is 20.2. The van der Waals surface area contributed by atoms with E-state index in [1.54, 1.807) is 0 Å². The molecule has 0 unspecified atom stereocenters. The number of rotatable bonds is 2. The van der Waals surface area contributed by atoms with Gasteiger partial charge in [0.1, 0.15) is 0 Å². The second kappa shape index (κ2) is 9.56. The van der Waals surface area contributed by atoms with Crippen molar-refractivity contribution in [3.05, 3.63) is 165 Å². The van der Waals surface area contributed by atoms with Crippen molar-refractivity contribution in [1.29, 1.82) is 0 Å². The van der Waals surface area contributed by atoms with Gasteiger partial charge >= 0.3 is 0 Å². The number of allylic oxidation sites excluding steroid dienone is 1. The van der Waals surface area contributed by atoms with Crippen LogP contribution in [0.1, 0.15) is 61.3 Å². The predicted octanol–water partition coefficient (Wildman–Crippen LogP) is 6.31. The van der Waals surface area contributed by atoms with Crippen LogP contribution < -0.4 is 10.7 Å². The standard InChI is InChI=1S/C38H33N3O/c1-37(2)26-16-11-17-27(22-26)38(3,4)33-21-20-31(40-33)34(24-12-7-5-8-13-24)29-18-19-30(39-29)35(25-14-9-6-10-15-25)32-23-28(37)36(42)41-32/h5-23,39-40H,1-4H3/b34-29-,35-30-. The number of benzene rings is 3. The highest BCUT2D eigenvalue weighted by atomic mass is 16.1. The number of carbonyl (C=O) groups excluding carboxylic acids is 1. The van der Waals surface area contributed by atoms with Crippen LogP contribution in [0.5, 0.6) is 0 Å². The summed E-state index contributed by atoms with van der Waals surface area (Å²) in [6.07, 6.45) is 1.99. The number of H-pyrrole nitrogens is 2. The summed E-state index contributed by atoms with van der Waals surface area (Å²) in [7, 11) is 0. The van der Waals surface area contributed by atoms with E-state index < -0.39 is 5.41 Å². The summed E-state index contributed by atoms with van der Waals surface area (Å²) < 4.78 is 0. The SMILES string of the molecule is CC1(C)C2=CC(=NC2=O)/C(c2ccccc2)=c2/cc/c([nH]2)=C(\c2ccccc2)c2ccc([nH]2)C(C)(C)c2cccc1c2. The van der Waals surface area contributed by atoms with Crippen molar-refractivity contribution in [2.45, 2.75) is 38.5 Å². The van der Waals surface area contributed by atoms with Crippen LogP contribution in [-0.4, -0.2) is 21.6 Å². The fraction of sp³-hybridized carbons (Fsp3) is 0.158. The Balaban J connectivity index is 1.61. The van der Waals surface area contributed by atoms with Crippen LogP contribution >= 0.6 is 0 Å². The minimum atomic E-state index is -0.538. The minimum absolute atomic E-state index is 0.186. The lowest BCUT2D eigenvalue weighted by Crippen LogP contribution is -2.26. The smallest absolute Gasteiger partial charge is 0.274 e. The summed E-state index contributed by atoms with van der Waals surface area (Å²) in [4.78, 5) is 25.8. The molecule has 8 bridgehead atoms. The molecular weight excluding hydrogens is 514 g/mol. The molecule has 206 valence electrons. The molecule has 2 aliphatic rings. The van der Waals surface area contributed by atoms with Gasteiger partial charge in [-0.25, -0.2) is 4.99 Å². The van der Waals surface area contributed by atoms with E-state index in [2.05, 4.69) is 128 Å². The first-order valence-electron chi connectivity index (χ1n) is 14.4. The van der Waals surface area contributed by atoms with Crippen molar-refractivity contribution in [3.63, 3.8) is 0 Å². The molecule has 0 spiro atoms. The van der Waals surface area contributed by atoms with Crippen molar-refractivity contribution in [2.75, 3.05) is 0 Å². The fourth-order valence-corrected chi connectivity index (χ4v) is 6.28. The number of carbonyl (C=O) groups is 1. The number of nitrogens with zero attached hydrogens (tertiary/aromatic N) is 1. The molecule has 2 aromatic heterocycles. The molecule has 0 radical (unpaired) electrons. The Morgan fingerprint density at radius 2 is 1.19 bits per heavy atom. The molecule has 0 atom stereocenters. The van der Waals surface area contributed by atoms with E-state index in [9.17, 15) is 4.79 Å². The van der Waals surface area contributed by atoms with Gasteiger partial charge in [-0.1, -0.05) is 113 Å². The highest BCUT2D eigenvalue weighted by molar-refractivity contribution is 6.36. The van der Waals surface area contributed by atoms with Crippen LogP contribution in [0.25, 0.3) is 11.1 Å². The lowest BCUT2D eigenvalue weighted by molar-refractivity contribution is -0.114. The quantitative estimate of drug-likeness (QED) is 0.267. The van der Waals surface area contributed by atoms with Gasteiger partial charge in [0.2, 0.25) is 0 Å². The van der Waals surface area contributed by atoms with Gasteiger partial charge in [0.25, 0.3) is 5.91 Å². The first kappa shape index (κ1) is 26.0. The van der Waals surface area contributed by atoms with E-state index in [0.717, 1.165) is 49.9 Å². The number of nitrogens with one attached hydrogen (secondary N) is 2. The van der Waals surface area contributed by atoms with Gasteiger partial charge in [-0.3, -0.25) is 4.79 Å². The highest BCUT2D eigenvalue weighted by Crippen LogP contribution is 2.39. The molecule has 1 amide bonds. The molecule has 4 heteroatoms. The topological polar surface area (TPSA) is 61.0 Å². The van der Waals surface area contributed by atoms with Gasteiger partial charge in [-0.15, -0.1) is 0 Å². The zero-order chi connectivity index (χ0) is 29.1. The maximum Gasteiger partial charge on any atom is 0.274 e. The van der Waals surface area contributed by atoms with Gasteiger partial charge < -0.3 is 9.97 Å². The third-order valence-corrected chi connectivity index (χ3v) is 8.95. The first-order valence-corrected chi connectivity index (χ1v) is 14.4. The number of fused-ring (bicyclic) bond motifs is 7. The number of hydrogen-bond donors (Lipinski definition) is 2. The summed E-state index contributed by atoms with van der Waals surface area (Å²) in [5.41, 5.74) is 9.06. The summed E-state index contributed by atoms with van der Waals surface area (Å²) in [6, 6.07) is 37.9. The Labute approximate surface area is 245 Å². The second-order valence-electron chi connectivity index (χ2n) is 12.2. The number of amides is 1. The Morgan fingerprint density at radius 1 is 0.595 bits per heavy atom. The molecule has 0 aliphatic carbocycles. The van der Waals surface area contributed by atoms with E-state index in [1.165, 1.54) is 5.56 Å². The van der Waals surface area contributed by atoms with Crippen LogP contribution in [0.3, 0.4) is 0 Å². The van der Waals surface area contributed by atoms with Crippen LogP contribution in [0.4, 0.5) is 0 Å². The molecule has 2 aliphatic heterocycles. The number of aromatic nitrogens is 2. The van der Waals surface area contributed by atoms with Gasteiger partial charge in [-0.05, 0) is 52.6 Å². The zero-order valence-electron chi connectivity index (χ0n) is 24.3. The largest absolute Gasteiger partial charge is 0.358 e. The molecule has 2 N–H and O–H groups in total. The Hall–Kier alpha value is -4.96.